The van der Waals surface area contributed by atoms with Gasteiger partial charge in [-0.05, 0) is 50.4 Å². The minimum atomic E-state index is 0.389. The van der Waals surface area contributed by atoms with Crippen LogP contribution in [0.2, 0.25) is 5.02 Å². The van der Waals surface area contributed by atoms with Crippen molar-refractivity contribution in [3.05, 3.63) is 29.0 Å². The number of hydrogen-bond acceptors (Lipinski definition) is 3. The Morgan fingerprint density at radius 1 is 1.33 bits per heavy atom. The Hall–Kier alpha value is -1.10. The Bertz CT molecular complexity index is 635. The molecule has 1 aromatic heterocycles. The Balaban J connectivity index is 1.57. The zero-order valence-corrected chi connectivity index (χ0v) is 12.8. The van der Waals surface area contributed by atoms with Gasteiger partial charge in [0.05, 0.1) is 23.2 Å². The van der Waals surface area contributed by atoms with Gasteiger partial charge in [0.15, 0.2) is 0 Å². The molecule has 0 radical (unpaired) electrons. The summed E-state index contributed by atoms with van der Waals surface area (Å²) >= 11 is 6.05. The number of nitrogens with zero attached hydrogens (tertiary/aromatic N) is 2. The Labute approximate surface area is 129 Å². The van der Waals surface area contributed by atoms with E-state index in [1.54, 1.807) is 0 Å². The fourth-order valence-corrected chi connectivity index (χ4v) is 3.74. The highest BCUT2D eigenvalue weighted by Gasteiger charge is 2.31. The molecule has 2 aliphatic heterocycles. The van der Waals surface area contributed by atoms with Gasteiger partial charge in [0.2, 0.25) is 0 Å². The van der Waals surface area contributed by atoms with Crippen LogP contribution in [0.25, 0.3) is 11.0 Å². The molecule has 1 N–H and O–H groups in total. The van der Waals surface area contributed by atoms with Crippen molar-refractivity contribution in [1.29, 1.82) is 0 Å². The van der Waals surface area contributed by atoms with E-state index in [4.69, 9.17) is 21.3 Å². The molecule has 2 aromatic rings. The van der Waals surface area contributed by atoms with Gasteiger partial charge < -0.3 is 9.72 Å². The molecule has 2 atom stereocenters. The molecule has 5 heteroatoms. The monoisotopic (exact) mass is 305 g/mol. The van der Waals surface area contributed by atoms with Crippen molar-refractivity contribution in [3.8, 4) is 0 Å². The molecule has 4 nitrogen and oxygen atoms in total. The SMILES string of the molecule is Clc1ccc2nc([C@H]3CCCN3C[C@H]3CCCO3)[nH]c2c1. The highest BCUT2D eigenvalue weighted by atomic mass is 35.5. The summed E-state index contributed by atoms with van der Waals surface area (Å²) in [5.41, 5.74) is 2.03. The largest absolute Gasteiger partial charge is 0.377 e. The van der Waals surface area contributed by atoms with Gasteiger partial charge in [-0.15, -0.1) is 0 Å². The van der Waals surface area contributed by atoms with Crippen molar-refractivity contribution in [2.24, 2.45) is 0 Å². The number of nitrogens with one attached hydrogen (secondary N) is 1. The van der Waals surface area contributed by atoms with Crippen molar-refractivity contribution >= 4 is 22.6 Å². The lowest BCUT2D eigenvalue weighted by Crippen LogP contribution is -2.32. The van der Waals surface area contributed by atoms with Crippen LogP contribution in [0.4, 0.5) is 0 Å². The minimum absolute atomic E-state index is 0.389. The summed E-state index contributed by atoms with van der Waals surface area (Å²) in [6.07, 6.45) is 5.20. The van der Waals surface area contributed by atoms with Crippen LogP contribution >= 0.6 is 11.6 Å². The molecule has 112 valence electrons. The first-order valence-corrected chi connectivity index (χ1v) is 8.18. The average Bonchev–Trinajstić information content (AvgIpc) is 3.18. The molecule has 4 rings (SSSR count). The number of ether oxygens (including phenoxy) is 1. The van der Waals surface area contributed by atoms with E-state index in [9.17, 15) is 0 Å². The van der Waals surface area contributed by atoms with Crippen LogP contribution in [-0.2, 0) is 4.74 Å². The predicted molar refractivity (Wildman–Crippen MR) is 83.6 cm³/mol. The van der Waals surface area contributed by atoms with E-state index in [0.717, 1.165) is 41.6 Å². The van der Waals surface area contributed by atoms with Crippen molar-refractivity contribution in [3.63, 3.8) is 0 Å². The molecule has 0 spiro atoms. The topological polar surface area (TPSA) is 41.2 Å². The van der Waals surface area contributed by atoms with E-state index in [-0.39, 0.29) is 0 Å². The lowest BCUT2D eigenvalue weighted by molar-refractivity contribution is 0.0679. The molecule has 2 saturated heterocycles. The van der Waals surface area contributed by atoms with Gasteiger partial charge in [0.1, 0.15) is 5.82 Å². The lowest BCUT2D eigenvalue weighted by atomic mass is 10.2. The number of imidazole rings is 1. The third-order valence-corrected chi connectivity index (χ3v) is 4.84. The van der Waals surface area contributed by atoms with Crippen molar-refractivity contribution in [1.82, 2.24) is 14.9 Å². The number of aromatic amines is 1. The quantitative estimate of drug-likeness (QED) is 0.943. The van der Waals surface area contributed by atoms with Gasteiger partial charge in [-0.2, -0.15) is 0 Å². The Morgan fingerprint density at radius 2 is 2.29 bits per heavy atom. The van der Waals surface area contributed by atoms with Crippen LogP contribution in [0.5, 0.6) is 0 Å². The summed E-state index contributed by atoms with van der Waals surface area (Å²) in [4.78, 5) is 10.7. The van der Waals surface area contributed by atoms with Gasteiger partial charge in [0, 0.05) is 18.2 Å². The molecule has 2 aliphatic rings. The minimum Gasteiger partial charge on any atom is -0.377 e. The fraction of sp³-hybridized carbons (Fsp3) is 0.562. The van der Waals surface area contributed by atoms with E-state index < -0.39 is 0 Å². The van der Waals surface area contributed by atoms with Crippen LogP contribution in [0.1, 0.15) is 37.5 Å². The maximum atomic E-state index is 6.05. The maximum Gasteiger partial charge on any atom is 0.124 e. The number of likely N-dealkylation sites (tertiary alicyclic amines) is 1. The number of hydrogen-bond donors (Lipinski definition) is 1. The van der Waals surface area contributed by atoms with Crippen molar-refractivity contribution in [2.75, 3.05) is 19.7 Å². The molecule has 0 saturated carbocycles. The molecular formula is C16H20ClN3O. The third kappa shape index (κ3) is 2.68. The Morgan fingerprint density at radius 3 is 3.14 bits per heavy atom. The predicted octanol–water partition coefficient (Wildman–Crippen LogP) is 3.53. The molecule has 0 unspecified atom stereocenters. The van der Waals surface area contributed by atoms with Crippen LogP contribution in [0.15, 0.2) is 18.2 Å². The summed E-state index contributed by atoms with van der Waals surface area (Å²) < 4.78 is 5.78. The van der Waals surface area contributed by atoms with Gasteiger partial charge in [-0.1, -0.05) is 11.6 Å². The fourth-order valence-electron chi connectivity index (χ4n) is 3.56. The number of H-pyrrole nitrogens is 1. The molecule has 2 fully saturated rings. The normalized spacial score (nSPS) is 26.9. The van der Waals surface area contributed by atoms with Crippen LogP contribution < -0.4 is 0 Å². The van der Waals surface area contributed by atoms with Crippen molar-refractivity contribution in [2.45, 2.75) is 37.8 Å². The number of fused-ring (bicyclic) bond motifs is 1. The number of halogens is 1. The second-order valence-electron chi connectivity index (χ2n) is 6.07. The van der Waals surface area contributed by atoms with Crippen LogP contribution in [0.3, 0.4) is 0 Å². The highest BCUT2D eigenvalue weighted by molar-refractivity contribution is 6.31. The molecule has 21 heavy (non-hydrogen) atoms. The first-order valence-electron chi connectivity index (χ1n) is 7.80. The van der Waals surface area contributed by atoms with E-state index in [1.807, 2.05) is 18.2 Å². The van der Waals surface area contributed by atoms with Gasteiger partial charge in [-0.25, -0.2) is 4.98 Å². The smallest absolute Gasteiger partial charge is 0.124 e. The van der Waals surface area contributed by atoms with E-state index in [0.29, 0.717) is 12.1 Å². The Kier molecular flexibility index (Phi) is 3.61. The molecule has 3 heterocycles. The second kappa shape index (κ2) is 5.59. The number of benzene rings is 1. The average molecular weight is 306 g/mol. The summed E-state index contributed by atoms with van der Waals surface area (Å²) in [7, 11) is 0. The van der Waals surface area contributed by atoms with Gasteiger partial charge >= 0.3 is 0 Å². The lowest BCUT2D eigenvalue weighted by Gasteiger charge is -2.25. The summed E-state index contributed by atoms with van der Waals surface area (Å²) in [6.45, 7) is 3.09. The summed E-state index contributed by atoms with van der Waals surface area (Å²) in [6, 6.07) is 6.22. The summed E-state index contributed by atoms with van der Waals surface area (Å²) in [5, 5.41) is 0.750. The second-order valence-corrected chi connectivity index (χ2v) is 6.51. The van der Waals surface area contributed by atoms with Crippen molar-refractivity contribution < 1.29 is 4.74 Å². The first-order chi connectivity index (χ1) is 10.3. The number of aromatic nitrogens is 2. The van der Waals surface area contributed by atoms with E-state index in [2.05, 4.69) is 9.88 Å². The van der Waals surface area contributed by atoms with Crippen LogP contribution in [-0.4, -0.2) is 40.7 Å². The van der Waals surface area contributed by atoms with Gasteiger partial charge in [0.25, 0.3) is 0 Å². The molecular weight excluding hydrogens is 286 g/mol. The van der Waals surface area contributed by atoms with E-state index >= 15 is 0 Å². The van der Waals surface area contributed by atoms with E-state index in [1.165, 1.54) is 25.7 Å². The summed E-state index contributed by atoms with van der Waals surface area (Å²) in [5.74, 6) is 1.07. The standard InChI is InChI=1S/C16H20ClN3O/c17-11-5-6-13-14(9-11)19-16(18-13)15-4-1-7-20(15)10-12-3-2-8-21-12/h5-6,9,12,15H,1-4,7-8,10H2,(H,18,19)/t12-,15-/m1/s1. The molecule has 0 aliphatic carbocycles. The van der Waals surface area contributed by atoms with Gasteiger partial charge in [-0.3, -0.25) is 4.90 Å². The number of rotatable bonds is 3. The maximum absolute atomic E-state index is 6.05. The van der Waals surface area contributed by atoms with Crippen LogP contribution in [0, 0.1) is 0 Å². The zero-order chi connectivity index (χ0) is 14.2. The first kappa shape index (κ1) is 13.6. The molecule has 1 aromatic carbocycles. The molecule has 0 bridgehead atoms. The molecule has 0 amide bonds. The highest BCUT2D eigenvalue weighted by Crippen LogP contribution is 2.32. The zero-order valence-electron chi connectivity index (χ0n) is 12.0. The third-order valence-electron chi connectivity index (χ3n) is 4.60.